The molecule has 0 atom stereocenters. The maximum atomic E-state index is 11.8. The van der Waals surface area contributed by atoms with E-state index in [9.17, 15) is 8.42 Å². The Morgan fingerprint density at radius 3 is 2.41 bits per heavy atom. The molecule has 0 aliphatic rings. The van der Waals surface area contributed by atoms with Crippen molar-refractivity contribution in [1.82, 2.24) is 4.83 Å². The minimum absolute atomic E-state index is 0.227. The molecule has 0 bridgehead atoms. The molecule has 0 unspecified atom stereocenters. The van der Waals surface area contributed by atoms with Gasteiger partial charge in [0.15, 0.2) is 0 Å². The Morgan fingerprint density at radius 1 is 1.29 bits per heavy atom. The van der Waals surface area contributed by atoms with Crippen LogP contribution in [0.4, 0.5) is 0 Å². The Morgan fingerprint density at radius 2 is 1.88 bits per heavy atom. The second-order valence-electron chi connectivity index (χ2n) is 4.35. The molecule has 0 spiro atoms. The molecule has 1 rings (SSSR count). The Hall–Kier alpha value is -1.36. The molecule has 0 saturated carbocycles. The van der Waals surface area contributed by atoms with E-state index in [0.29, 0.717) is 5.92 Å². The maximum absolute atomic E-state index is 11.8. The van der Waals surface area contributed by atoms with E-state index in [1.54, 1.807) is 30.5 Å². The smallest absolute Gasteiger partial charge is 0.200 e. The summed E-state index contributed by atoms with van der Waals surface area (Å²) in [6, 6.07) is 6.64. The zero-order valence-corrected chi connectivity index (χ0v) is 11.2. The molecule has 1 aromatic carbocycles. The summed E-state index contributed by atoms with van der Waals surface area (Å²) >= 11 is 0. The molecule has 0 fully saturated rings. The summed E-state index contributed by atoms with van der Waals surface area (Å²) in [4.78, 5) is 2.42. The van der Waals surface area contributed by atoms with E-state index in [2.05, 4.69) is 9.93 Å². The number of aryl methyl sites for hydroxylation is 1. The lowest BCUT2D eigenvalue weighted by atomic mass is 10.2. The van der Waals surface area contributed by atoms with Crippen LogP contribution in [0.25, 0.3) is 0 Å². The van der Waals surface area contributed by atoms with Crippen LogP contribution in [-0.2, 0) is 10.0 Å². The Kier molecular flexibility index (Phi) is 4.69. The van der Waals surface area contributed by atoms with E-state index in [1.807, 2.05) is 20.8 Å². The molecule has 0 aliphatic carbocycles. The van der Waals surface area contributed by atoms with Gasteiger partial charge in [0.25, 0.3) is 10.0 Å². The van der Waals surface area contributed by atoms with Crippen molar-refractivity contribution in [3.63, 3.8) is 0 Å². The Balaban J connectivity index is 2.69. The zero-order valence-electron chi connectivity index (χ0n) is 10.3. The van der Waals surface area contributed by atoms with Gasteiger partial charge in [-0.1, -0.05) is 31.5 Å². The van der Waals surface area contributed by atoms with E-state index < -0.39 is 10.0 Å². The molecule has 0 aliphatic heterocycles. The van der Waals surface area contributed by atoms with Gasteiger partial charge in [-0.15, -0.1) is 0 Å². The first-order valence-corrected chi connectivity index (χ1v) is 7.00. The maximum Gasteiger partial charge on any atom is 0.276 e. The van der Waals surface area contributed by atoms with Crippen LogP contribution in [-0.4, -0.2) is 14.6 Å². The van der Waals surface area contributed by atoms with Gasteiger partial charge in [-0.05, 0) is 31.4 Å². The van der Waals surface area contributed by atoms with Crippen LogP contribution in [0.3, 0.4) is 0 Å². The first-order valence-electron chi connectivity index (χ1n) is 5.52. The predicted molar refractivity (Wildman–Crippen MR) is 69.4 cm³/mol. The van der Waals surface area contributed by atoms with E-state index >= 15 is 0 Å². The number of nitrogens with one attached hydrogen (secondary N) is 1. The lowest BCUT2D eigenvalue weighted by molar-refractivity contribution is 0.584. The first-order chi connectivity index (χ1) is 7.92. The molecular formula is C12H18N2O2S. The van der Waals surface area contributed by atoms with E-state index in [1.165, 1.54) is 0 Å². The van der Waals surface area contributed by atoms with Crippen molar-refractivity contribution in [3.8, 4) is 0 Å². The van der Waals surface area contributed by atoms with Gasteiger partial charge in [0.2, 0.25) is 0 Å². The van der Waals surface area contributed by atoms with Crippen LogP contribution in [0.15, 0.2) is 34.3 Å². The van der Waals surface area contributed by atoms with Gasteiger partial charge in [0, 0.05) is 6.21 Å². The lowest BCUT2D eigenvalue weighted by Crippen LogP contribution is -2.18. The average molecular weight is 254 g/mol. The SMILES string of the molecule is Cc1ccc(S(=O)(=O)N/N=C\CC(C)C)cc1. The number of sulfonamides is 1. The van der Waals surface area contributed by atoms with Crippen molar-refractivity contribution in [2.75, 3.05) is 0 Å². The van der Waals surface area contributed by atoms with Gasteiger partial charge >= 0.3 is 0 Å². The summed E-state index contributed by atoms with van der Waals surface area (Å²) in [6.07, 6.45) is 2.33. The molecule has 0 radical (unpaired) electrons. The molecule has 5 heteroatoms. The van der Waals surface area contributed by atoms with Crippen LogP contribution in [0.1, 0.15) is 25.8 Å². The highest BCUT2D eigenvalue weighted by molar-refractivity contribution is 7.89. The summed E-state index contributed by atoms with van der Waals surface area (Å²) in [6.45, 7) is 5.99. The Labute approximate surface area is 103 Å². The predicted octanol–water partition coefficient (Wildman–Crippen LogP) is 2.31. The minimum Gasteiger partial charge on any atom is -0.200 e. The number of hydrogen-bond acceptors (Lipinski definition) is 3. The fourth-order valence-corrected chi connectivity index (χ4v) is 1.95. The van der Waals surface area contributed by atoms with Crippen LogP contribution < -0.4 is 4.83 Å². The van der Waals surface area contributed by atoms with Crippen molar-refractivity contribution in [3.05, 3.63) is 29.8 Å². The van der Waals surface area contributed by atoms with Gasteiger partial charge < -0.3 is 0 Å². The highest BCUT2D eigenvalue weighted by atomic mass is 32.2. The molecule has 94 valence electrons. The first kappa shape index (κ1) is 13.7. The largest absolute Gasteiger partial charge is 0.276 e. The van der Waals surface area contributed by atoms with E-state index in [-0.39, 0.29) is 4.90 Å². The molecule has 4 nitrogen and oxygen atoms in total. The van der Waals surface area contributed by atoms with Gasteiger partial charge in [0.05, 0.1) is 4.90 Å². The second-order valence-corrected chi connectivity index (χ2v) is 6.01. The normalized spacial score (nSPS) is 12.2. The third-order valence-corrected chi connectivity index (χ3v) is 3.41. The van der Waals surface area contributed by atoms with E-state index in [0.717, 1.165) is 12.0 Å². The van der Waals surface area contributed by atoms with Crippen molar-refractivity contribution < 1.29 is 8.42 Å². The number of benzene rings is 1. The number of hydrazone groups is 1. The van der Waals surface area contributed by atoms with Crippen LogP contribution in [0.5, 0.6) is 0 Å². The molecule has 1 aromatic rings. The topological polar surface area (TPSA) is 58.5 Å². The second kappa shape index (κ2) is 5.82. The highest BCUT2D eigenvalue weighted by Crippen LogP contribution is 2.09. The Bertz CT molecular complexity index is 476. The molecule has 0 saturated heterocycles. The minimum atomic E-state index is -3.52. The van der Waals surface area contributed by atoms with Crippen molar-refractivity contribution in [2.24, 2.45) is 11.0 Å². The molecule has 1 N–H and O–H groups in total. The van der Waals surface area contributed by atoms with Crippen molar-refractivity contribution in [2.45, 2.75) is 32.1 Å². The van der Waals surface area contributed by atoms with Gasteiger partial charge in [0.1, 0.15) is 0 Å². The molecule has 0 heterocycles. The van der Waals surface area contributed by atoms with E-state index in [4.69, 9.17) is 0 Å². The highest BCUT2D eigenvalue weighted by Gasteiger charge is 2.11. The van der Waals surface area contributed by atoms with Gasteiger partial charge in [-0.2, -0.15) is 13.5 Å². The van der Waals surface area contributed by atoms with Gasteiger partial charge in [-0.25, -0.2) is 4.83 Å². The van der Waals surface area contributed by atoms with Crippen LogP contribution in [0.2, 0.25) is 0 Å². The molecule has 0 amide bonds. The van der Waals surface area contributed by atoms with Crippen molar-refractivity contribution in [1.29, 1.82) is 0 Å². The molecular weight excluding hydrogens is 236 g/mol. The third kappa shape index (κ3) is 4.56. The summed E-state index contributed by atoms with van der Waals surface area (Å²) in [5.74, 6) is 0.461. The van der Waals surface area contributed by atoms with Crippen LogP contribution >= 0.6 is 0 Å². The fourth-order valence-electron chi connectivity index (χ4n) is 1.14. The standard InChI is InChI=1S/C12H18N2O2S/c1-10(2)8-9-13-14-17(15,16)12-6-4-11(3)5-7-12/h4-7,9-10,14H,8H2,1-3H3/b13-9-. The number of rotatable bonds is 5. The quantitative estimate of drug-likeness (QED) is 0.647. The molecule has 17 heavy (non-hydrogen) atoms. The summed E-state index contributed by atoms with van der Waals surface area (Å²) < 4.78 is 23.5. The molecule has 0 aromatic heterocycles. The van der Waals surface area contributed by atoms with Gasteiger partial charge in [-0.3, -0.25) is 0 Å². The summed E-state index contributed by atoms with van der Waals surface area (Å²) in [5.41, 5.74) is 1.02. The summed E-state index contributed by atoms with van der Waals surface area (Å²) in [5, 5.41) is 3.72. The number of nitrogens with zero attached hydrogens (tertiary/aromatic N) is 1. The fraction of sp³-hybridized carbons (Fsp3) is 0.417. The lowest BCUT2D eigenvalue weighted by Gasteiger charge is -2.03. The summed E-state index contributed by atoms with van der Waals surface area (Å²) in [7, 11) is -3.52. The number of hydrogen-bond donors (Lipinski definition) is 1. The average Bonchev–Trinajstić information content (AvgIpc) is 2.25. The third-order valence-electron chi connectivity index (χ3n) is 2.17. The monoisotopic (exact) mass is 254 g/mol. The zero-order chi connectivity index (χ0) is 12.9. The van der Waals surface area contributed by atoms with Crippen LogP contribution in [0, 0.1) is 12.8 Å². The van der Waals surface area contributed by atoms with Crippen molar-refractivity contribution >= 4 is 16.2 Å².